The van der Waals surface area contributed by atoms with E-state index in [1.807, 2.05) is 16.9 Å². The lowest BCUT2D eigenvalue weighted by Gasteiger charge is -2.14. The second kappa shape index (κ2) is 6.24. The zero-order chi connectivity index (χ0) is 14.7. The molecule has 0 aromatic carbocycles. The van der Waals surface area contributed by atoms with Crippen LogP contribution in [0.3, 0.4) is 0 Å². The van der Waals surface area contributed by atoms with Crippen LogP contribution in [0.5, 0.6) is 0 Å². The first kappa shape index (κ1) is 14.0. The van der Waals surface area contributed by atoms with Crippen molar-refractivity contribution in [3.63, 3.8) is 0 Å². The van der Waals surface area contributed by atoms with Crippen LogP contribution in [0.4, 0.5) is 5.82 Å². The Morgan fingerprint density at radius 1 is 1.14 bits per heavy atom. The predicted molar refractivity (Wildman–Crippen MR) is 84.3 cm³/mol. The van der Waals surface area contributed by atoms with Crippen molar-refractivity contribution in [1.82, 2.24) is 19.7 Å². The van der Waals surface area contributed by atoms with Gasteiger partial charge in [0.05, 0.1) is 0 Å². The number of aromatic nitrogens is 4. The molecular formula is C16H23N5. The van der Waals surface area contributed by atoms with Gasteiger partial charge in [-0.25, -0.2) is 9.97 Å². The molecule has 0 bridgehead atoms. The zero-order valence-electron chi connectivity index (χ0n) is 12.9. The highest BCUT2D eigenvalue weighted by molar-refractivity contribution is 5.57. The minimum absolute atomic E-state index is 0.797. The van der Waals surface area contributed by atoms with Gasteiger partial charge in [0, 0.05) is 30.5 Å². The van der Waals surface area contributed by atoms with Crippen molar-refractivity contribution in [2.75, 3.05) is 11.9 Å². The van der Waals surface area contributed by atoms with Gasteiger partial charge >= 0.3 is 0 Å². The van der Waals surface area contributed by atoms with E-state index in [1.165, 1.54) is 30.5 Å². The maximum atomic E-state index is 4.86. The fourth-order valence-electron chi connectivity index (χ4n) is 2.97. The van der Waals surface area contributed by atoms with E-state index in [0.717, 1.165) is 43.3 Å². The number of rotatable bonds is 4. The monoisotopic (exact) mass is 285 g/mol. The number of aryl methyl sites for hydroxylation is 2. The normalized spacial score (nSPS) is 14.6. The smallest absolute Gasteiger partial charge is 0.180 e. The van der Waals surface area contributed by atoms with Gasteiger partial charge in [0.1, 0.15) is 11.5 Å². The van der Waals surface area contributed by atoms with Crippen LogP contribution in [0, 0.1) is 0 Å². The molecule has 0 fully saturated rings. The Labute approximate surface area is 125 Å². The zero-order valence-corrected chi connectivity index (χ0v) is 12.9. The molecule has 112 valence electrons. The van der Waals surface area contributed by atoms with E-state index in [4.69, 9.17) is 9.97 Å². The Morgan fingerprint density at radius 2 is 2.00 bits per heavy atom. The van der Waals surface area contributed by atoms with Gasteiger partial charge < -0.3 is 5.32 Å². The molecular weight excluding hydrogens is 262 g/mol. The summed E-state index contributed by atoms with van der Waals surface area (Å²) < 4.78 is 1.95. The van der Waals surface area contributed by atoms with Crippen LogP contribution in [0.2, 0.25) is 0 Å². The summed E-state index contributed by atoms with van der Waals surface area (Å²) in [6, 6.07) is 2.00. The number of nitrogens with zero attached hydrogens (tertiary/aromatic N) is 4. The van der Waals surface area contributed by atoms with Crippen molar-refractivity contribution in [3.8, 4) is 11.5 Å². The van der Waals surface area contributed by atoms with Crippen LogP contribution in [-0.2, 0) is 19.4 Å². The molecule has 5 heteroatoms. The van der Waals surface area contributed by atoms with Crippen LogP contribution >= 0.6 is 0 Å². The maximum Gasteiger partial charge on any atom is 0.180 e. The van der Waals surface area contributed by atoms with Gasteiger partial charge in [0.25, 0.3) is 0 Å². The SMILES string of the molecule is CCNc1nc(-c2ccnn2CC)nc2c1CCCCC2. The molecule has 0 radical (unpaired) electrons. The van der Waals surface area contributed by atoms with Crippen LogP contribution in [0.1, 0.15) is 44.4 Å². The lowest BCUT2D eigenvalue weighted by Crippen LogP contribution is -2.11. The first-order valence-electron chi connectivity index (χ1n) is 7.99. The summed E-state index contributed by atoms with van der Waals surface area (Å²) in [5.41, 5.74) is 3.54. The minimum Gasteiger partial charge on any atom is -0.370 e. The third-order valence-corrected chi connectivity index (χ3v) is 4.02. The Bertz CT molecular complexity index is 617. The summed E-state index contributed by atoms with van der Waals surface area (Å²) in [6.45, 7) is 5.92. The number of nitrogens with one attached hydrogen (secondary N) is 1. The average Bonchev–Trinajstić information content (AvgIpc) is 2.85. The predicted octanol–water partition coefficient (Wildman–Crippen LogP) is 3.06. The molecule has 5 nitrogen and oxygen atoms in total. The van der Waals surface area contributed by atoms with Crippen molar-refractivity contribution in [2.24, 2.45) is 0 Å². The Hall–Kier alpha value is -1.91. The fourth-order valence-corrected chi connectivity index (χ4v) is 2.97. The molecule has 0 saturated carbocycles. The van der Waals surface area contributed by atoms with Crippen molar-refractivity contribution in [3.05, 3.63) is 23.5 Å². The van der Waals surface area contributed by atoms with Gasteiger partial charge in [0.15, 0.2) is 5.82 Å². The maximum absolute atomic E-state index is 4.86. The fraction of sp³-hybridized carbons (Fsp3) is 0.562. The molecule has 1 aliphatic rings. The molecule has 21 heavy (non-hydrogen) atoms. The third-order valence-electron chi connectivity index (χ3n) is 4.02. The highest BCUT2D eigenvalue weighted by Crippen LogP contribution is 2.27. The standard InChI is InChI=1S/C16H23N5/c1-3-17-15-12-8-6-5-7-9-13(12)19-16(20-15)14-10-11-18-21(14)4-2/h10-11H,3-9H2,1-2H3,(H,17,19,20). The van der Waals surface area contributed by atoms with Gasteiger partial charge in [-0.3, -0.25) is 4.68 Å². The molecule has 0 spiro atoms. The van der Waals surface area contributed by atoms with E-state index < -0.39 is 0 Å². The first-order chi connectivity index (χ1) is 10.3. The lowest BCUT2D eigenvalue weighted by atomic mass is 10.1. The molecule has 2 heterocycles. The summed E-state index contributed by atoms with van der Waals surface area (Å²) in [5, 5.41) is 7.76. The summed E-state index contributed by atoms with van der Waals surface area (Å²) in [4.78, 5) is 9.64. The molecule has 0 atom stereocenters. The van der Waals surface area contributed by atoms with Gasteiger partial charge in [-0.05, 0) is 45.6 Å². The number of fused-ring (bicyclic) bond motifs is 1. The van der Waals surface area contributed by atoms with E-state index >= 15 is 0 Å². The van der Waals surface area contributed by atoms with E-state index in [0.29, 0.717) is 0 Å². The highest BCUT2D eigenvalue weighted by atomic mass is 15.3. The summed E-state index contributed by atoms with van der Waals surface area (Å²) in [5.74, 6) is 1.81. The van der Waals surface area contributed by atoms with Crippen molar-refractivity contribution >= 4 is 5.82 Å². The molecule has 1 aliphatic carbocycles. The largest absolute Gasteiger partial charge is 0.370 e. The number of anilines is 1. The van der Waals surface area contributed by atoms with Crippen LogP contribution in [-0.4, -0.2) is 26.3 Å². The van der Waals surface area contributed by atoms with Gasteiger partial charge in [-0.15, -0.1) is 0 Å². The topological polar surface area (TPSA) is 55.6 Å². The average molecular weight is 285 g/mol. The molecule has 1 N–H and O–H groups in total. The summed E-state index contributed by atoms with van der Waals surface area (Å²) in [7, 11) is 0. The second-order valence-electron chi connectivity index (χ2n) is 5.44. The molecule has 0 saturated heterocycles. The molecule has 0 aliphatic heterocycles. The Morgan fingerprint density at radius 3 is 2.81 bits per heavy atom. The molecule has 3 rings (SSSR count). The van der Waals surface area contributed by atoms with E-state index in [2.05, 4.69) is 24.3 Å². The highest BCUT2D eigenvalue weighted by Gasteiger charge is 2.18. The van der Waals surface area contributed by atoms with E-state index in [-0.39, 0.29) is 0 Å². The van der Waals surface area contributed by atoms with Crippen LogP contribution in [0.15, 0.2) is 12.3 Å². The second-order valence-corrected chi connectivity index (χ2v) is 5.44. The number of hydrogen-bond acceptors (Lipinski definition) is 4. The van der Waals surface area contributed by atoms with E-state index in [1.54, 1.807) is 0 Å². The van der Waals surface area contributed by atoms with E-state index in [9.17, 15) is 0 Å². The van der Waals surface area contributed by atoms with Crippen LogP contribution in [0.25, 0.3) is 11.5 Å². The van der Waals surface area contributed by atoms with Crippen LogP contribution < -0.4 is 5.32 Å². The third kappa shape index (κ3) is 2.77. The van der Waals surface area contributed by atoms with Crippen molar-refractivity contribution < 1.29 is 0 Å². The minimum atomic E-state index is 0.797. The quantitative estimate of drug-likeness (QED) is 0.877. The lowest BCUT2D eigenvalue weighted by molar-refractivity contribution is 0.663. The summed E-state index contributed by atoms with van der Waals surface area (Å²) in [6.07, 6.45) is 7.71. The first-order valence-corrected chi connectivity index (χ1v) is 7.99. The molecule has 0 unspecified atom stereocenters. The van der Waals surface area contributed by atoms with Crippen molar-refractivity contribution in [1.29, 1.82) is 0 Å². The molecule has 2 aromatic heterocycles. The Kier molecular flexibility index (Phi) is 4.18. The number of hydrogen-bond donors (Lipinski definition) is 1. The van der Waals surface area contributed by atoms with Gasteiger partial charge in [-0.1, -0.05) is 6.42 Å². The Balaban J connectivity index is 2.10. The van der Waals surface area contributed by atoms with Gasteiger partial charge in [0.2, 0.25) is 0 Å². The van der Waals surface area contributed by atoms with Gasteiger partial charge in [-0.2, -0.15) is 5.10 Å². The summed E-state index contributed by atoms with van der Waals surface area (Å²) >= 11 is 0. The van der Waals surface area contributed by atoms with Crippen molar-refractivity contribution in [2.45, 2.75) is 52.5 Å². The molecule has 2 aromatic rings. The molecule has 0 amide bonds.